The number of hydrogen-bond donors (Lipinski definition) is 4. The Morgan fingerprint density at radius 2 is 1.61 bits per heavy atom. The second kappa shape index (κ2) is 11.9. The Labute approximate surface area is 224 Å². The lowest BCUT2D eigenvalue weighted by Crippen LogP contribution is -2.30. The molecule has 1 atom stereocenters. The van der Waals surface area contributed by atoms with Crippen LogP contribution in [0.2, 0.25) is 0 Å². The topological polar surface area (TPSA) is 81.4 Å². The van der Waals surface area contributed by atoms with Crippen LogP contribution in [0.5, 0.6) is 0 Å². The highest BCUT2D eigenvalue weighted by Crippen LogP contribution is 2.28. The van der Waals surface area contributed by atoms with E-state index in [1.54, 1.807) is 0 Å². The van der Waals surface area contributed by atoms with Crippen molar-refractivity contribution in [1.82, 2.24) is 30.6 Å². The van der Waals surface area contributed by atoms with E-state index in [4.69, 9.17) is 0 Å². The van der Waals surface area contributed by atoms with E-state index in [0.717, 1.165) is 48.8 Å². The maximum atomic E-state index is 4.61. The van der Waals surface area contributed by atoms with Crippen molar-refractivity contribution >= 4 is 21.9 Å². The molecule has 0 bridgehead atoms. The van der Waals surface area contributed by atoms with Crippen molar-refractivity contribution in [3.63, 3.8) is 0 Å². The monoisotopic (exact) mass is 506 g/mol. The average Bonchev–Trinajstić information content (AvgIpc) is 3.59. The maximum Gasteiger partial charge on any atom is 0.121 e. The number of aromatic amines is 2. The molecule has 6 heteroatoms. The fraction of sp³-hybridized carbons (Fsp3) is 0.375. The van der Waals surface area contributed by atoms with Crippen molar-refractivity contribution in [2.45, 2.75) is 76.5 Å². The zero-order chi connectivity index (χ0) is 25.6. The number of pyridine rings is 1. The Bertz CT molecular complexity index is 1400. The van der Waals surface area contributed by atoms with Gasteiger partial charge in [0.05, 0.1) is 29.3 Å². The van der Waals surface area contributed by atoms with Crippen molar-refractivity contribution < 1.29 is 0 Å². The normalized spacial score (nSPS) is 17.7. The number of hydrogen-bond acceptors (Lipinski definition) is 4. The van der Waals surface area contributed by atoms with Crippen molar-refractivity contribution in [1.29, 1.82) is 0 Å². The van der Waals surface area contributed by atoms with E-state index in [-0.39, 0.29) is 0 Å². The van der Waals surface area contributed by atoms with Gasteiger partial charge in [0.15, 0.2) is 0 Å². The number of nitrogens with zero attached hydrogens (tertiary/aromatic N) is 2. The average molecular weight is 507 g/mol. The van der Waals surface area contributed by atoms with Crippen LogP contribution in [0.3, 0.4) is 0 Å². The molecule has 2 aliphatic rings. The summed E-state index contributed by atoms with van der Waals surface area (Å²) < 4.78 is 0. The summed E-state index contributed by atoms with van der Waals surface area (Å²) in [6, 6.07) is 24.2. The Balaban J connectivity index is 0.000000142. The number of nitrogens with one attached hydrogen (secondary N) is 4. The molecule has 5 aromatic rings. The van der Waals surface area contributed by atoms with Gasteiger partial charge < -0.3 is 20.6 Å². The van der Waals surface area contributed by atoms with E-state index in [2.05, 4.69) is 73.0 Å². The number of imidazole rings is 1. The predicted molar refractivity (Wildman–Crippen MR) is 155 cm³/mol. The molecule has 0 amide bonds. The van der Waals surface area contributed by atoms with Gasteiger partial charge in [-0.05, 0) is 73.4 Å². The molecule has 2 aliphatic carbocycles. The van der Waals surface area contributed by atoms with Gasteiger partial charge in [-0.15, -0.1) is 0 Å². The van der Waals surface area contributed by atoms with E-state index < -0.39 is 0 Å². The quantitative estimate of drug-likeness (QED) is 0.206. The van der Waals surface area contributed by atoms with E-state index >= 15 is 0 Å². The van der Waals surface area contributed by atoms with Crippen molar-refractivity contribution in [2.24, 2.45) is 0 Å². The molecule has 196 valence electrons. The minimum Gasteiger partial charge on any atom is -0.357 e. The zero-order valence-corrected chi connectivity index (χ0v) is 22.0. The summed E-state index contributed by atoms with van der Waals surface area (Å²) in [6.07, 6.45) is 12.3. The lowest BCUT2D eigenvalue weighted by atomic mass is 9.92. The molecule has 0 aliphatic heterocycles. The van der Waals surface area contributed by atoms with Crippen LogP contribution in [0.15, 0.2) is 72.9 Å². The molecule has 38 heavy (non-hydrogen) atoms. The standard InChI is InChI=1S/C17H18N4.C15H20N2/c1-2-8-14-13(7-1)20-16(21-14)11-19-15-9-3-5-12-6-4-10-18-17(12)15;1-2-7-13(8-3-1)16-11-14-10-12-6-4-5-9-15(12)17-14/h1-2,4,6-8,10,15,19H,3,5,9,11H2,(H,20,21);4-6,9-10,13,16-17H,1-3,7-8,11H2. The Morgan fingerprint density at radius 1 is 0.763 bits per heavy atom. The van der Waals surface area contributed by atoms with Crippen molar-refractivity contribution in [2.75, 3.05) is 0 Å². The zero-order valence-electron chi connectivity index (χ0n) is 22.0. The summed E-state index contributed by atoms with van der Waals surface area (Å²) in [5.41, 5.74) is 7.25. The van der Waals surface area contributed by atoms with E-state index in [1.165, 1.54) is 66.4 Å². The highest BCUT2D eigenvalue weighted by molar-refractivity contribution is 5.80. The number of H-pyrrole nitrogens is 2. The molecule has 1 saturated carbocycles. The maximum absolute atomic E-state index is 4.61. The number of benzene rings is 2. The SMILES string of the molecule is c1ccc2[nH]c(CNC3CCCCC3)cc2c1.c1cnc2c(c1)CCCC2NCc1nc2ccccc2[nH]1. The highest BCUT2D eigenvalue weighted by Gasteiger charge is 2.21. The Hall–Kier alpha value is -3.48. The number of rotatable bonds is 6. The summed E-state index contributed by atoms with van der Waals surface area (Å²) in [4.78, 5) is 16.0. The number of aryl methyl sites for hydroxylation is 1. The molecule has 1 fully saturated rings. The van der Waals surface area contributed by atoms with Crippen LogP contribution in [0.25, 0.3) is 21.9 Å². The number of fused-ring (bicyclic) bond motifs is 3. The third-order valence-electron chi connectivity index (χ3n) is 7.92. The molecule has 3 aromatic heterocycles. The van der Waals surface area contributed by atoms with Crippen LogP contribution in [-0.4, -0.2) is 26.0 Å². The molecule has 7 rings (SSSR count). The van der Waals surface area contributed by atoms with Gasteiger partial charge in [-0.25, -0.2) is 4.98 Å². The van der Waals surface area contributed by atoms with E-state index in [0.29, 0.717) is 6.04 Å². The van der Waals surface area contributed by atoms with E-state index in [1.807, 2.05) is 30.5 Å². The van der Waals surface area contributed by atoms with Gasteiger partial charge in [0.1, 0.15) is 5.82 Å². The fourth-order valence-electron chi connectivity index (χ4n) is 5.91. The predicted octanol–water partition coefficient (Wildman–Crippen LogP) is 6.72. The number of para-hydroxylation sites is 3. The van der Waals surface area contributed by atoms with Gasteiger partial charge in [-0.2, -0.15) is 0 Å². The summed E-state index contributed by atoms with van der Waals surface area (Å²) >= 11 is 0. The van der Waals surface area contributed by atoms with Crippen LogP contribution >= 0.6 is 0 Å². The van der Waals surface area contributed by atoms with Crippen LogP contribution < -0.4 is 10.6 Å². The molecule has 4 N–H and O–H groups in total. The molecule has 1 unspecified atom stereocenters. The van der Waals surface area contributed by atoms with Gasteiger partial charge >= 0.3 is 0 Å². The van der Waals surface area contributed by atoms with Crippen LogP contribution in [0.1, 0.15) is 73.8 Å². The molecular formula is C32H38N6. The van der Waals surface area contributed by atoms with Gasteiger partial charge in [-0.1, -0.05) is 55.7 Å². The second-order valence-electron chi connectivity index (χ2n) is 10.7. The first kappa shape index (κ1) is 24.8. The molecule has 0 spiro atoms. The first-order chi connectivity index (χ1) is 18.8. The van der Waals surface area contributed by atoms with Crippen molar-refractivity contribution in [3.8, 4) is 0 Å². The van der Waals surface area contributed by atoms with Gasteiger partial charge in [-0.3, -0.25) is 4.98 Å². The smallest absolute Gasteiger partial charge is 0.121 e. The fourth-order valence-corrected chi connectivity index (χ4v) is 5.91. The summed E-state index contributed by atoms with van der Waals surface area (Å²) in [5.74, 6) is 0.985. The van der Waals surface area contributed by atoms with Crippen molar-refractivity contribution in [3.05, 3.63) is 95.7 Å². The summed E-state index contributed by atoms with van der Waals surface area (Å²) in [5, 5.41) is 8.58. The van der Waals surface area contributed by atoms with Gasteiger partial charge in [0, 0.05) is 30.0 Å². The Morgan fingerprint density at radius 3 is 2.47 bits per heavy atom. The van der Waals surface area contributed by atoms with Crippen LogP contribution in [0, 0.1) is 0 Å². The first-order valence-electron chi connectivity index (χ1n) is 14.2. The van der Waals surface area contributed by atoms with Gasteiger partial charge in [0.25, 0.3) is 0 Å². The van der Waals surface area contributed by atoms with Gasteiger partial charge in [0.2, 0.25) is 0 Å². The van der Waals surface area contributed by atoms with Crippen LogP contribution in [0.4, 0.5) is 0 Å². The van der Waals surface area contributed by atoms with E-state index in [9.17, 15) is 0 Å². The van der Waals surface area contributed by atoms with Crippen LogP contribution in [-0.2, 0) is 19.5 Å². The third kappa shape index (κ3) is 5.98. The minimum atomic E-state index is 0.336. The minimum absolute atomic E-state index is 0.336. The summed E-state index contributed by atoms with van der Waals surface area (Å²) in [7, 11) is 0. The Kier molecular flexibility index (Phi) is 7.79. The number of aromatic nitrogens is 4. The molecule has 3 heterocycles. The first-order valence-corrected chi connectivity index (χ1v) is 14.2. The molecular weight excluding hydrogens is 468 g/mol. The highest BCUT2D eigenvalue weighted by atomic mass is 15.0. The molecule has 6 nitrogen and oxygen atoms in total. The lowest BCUT2D eigenvalue weighted by Gasteiger charge is -2.24. The molecule has 0 saturated heterocycles. The largest absolute Gasteiger partial charge is 0.357 e. The summed E-state index contributed by atoms with van der Waals surface area (Å²) in [6.45, 7) is 1.72. The third-order valence-corrected chi connectivity index (χ3v) is 7.92. The lowest BCUT2D eigenvalue weighted by molar-refractivity contribution is 0.371. The second-order valence-corrected chi connectivity index (χ2v) is 10.7. The molecule has 2 aromatic carbocycles. The molecule has 0 radical (unpaired) electrons.